The van der Waals surface area contributed by atoms with Gasteiger partial charge >= 0.3 is 0 Å². The molecular weight excluding hydrogens is 302 g/mol. The molecule has 1 saturated heterocycles. The number of hydrogen-bond acceptors (Lipinski definition) is 4. The number of aromatic nitrogens is 2. The Balaban J connectivity index is 0.00000242. The summed E-state index contributed by atoms with van der Waals surface area (Å²) >= 11 is 0. The summed E-state index contributed by atoms with van der Waals surface area (Å²) in [6, 6.07) is 0. The average Bonchev–Trinajstić information content (AvgIpc) is 2.81. The van der Waals surface area contributed by atoms with Crippen LogP contribution in [-0.4, -0.2) is 59.9 Å². The first kappa shape index (κ1) is 18.9. The van der Waals surface area contributed by atoms with Crippen molar-refractivity contribution in [3.8, 4) is 0 Å². The van der Waals surface area contributed by atoms with Crippen molar-refractivity contribution in [2.45, 2.75) is 33.2 Å². The summed E-state index contributed by atoms with van der Waals surface area (Å²) in [5, 5.41) is 10.7. The first-order valence-corrected chi connectivity index (χ1v) is 7.66. The minimum atomic E-state index is -0.108. The second kappa shape index (κ2) is 7.94. The van der Waals surface area contributed by atoms with E-state index in [4.69, 9.17) is 0 Å². The largest absolute Gasteiger partial charge is 0.351 e. The van der Waals surface area contributed by atoms with Gasteiger partial charge in [0.1, 0.15) is 0 Å². The molecule has 2 N–H and O–H groups in total. The van der Waals surface area contributed by atoms with Crippen molar-refractivity contribution in [3.05, 3.63) is 17.5 Å². The molecule has 6 nitrogen and oxygen atoms in total. The van der Waals surface area contributed by atoms with Gasteiger partial charge in [-0.3, -0.25) is 14.4 Å². The topological polar surface area (TPSA) is 62.2 Å². The maximum atomic E-state index is 12.3. The predicted molar refractivity (Wildman–Crippen MR) is 90.9 cm³/mol. The number of amides is 1. The Morgan fingerprint density at radius 3 is 2.55 bits per heavy atom. The molecule has 2 heterocycles. The molecule has 1 aliphatic heterocycles. The molecule has 1 aliphatic rings. The smallest absolute Gasteiger partial charge is 0.254 e. The monoisotopic (exact) mass is 329 g/mol. The van der Waals surface area contributed by atoms with Gasteiger partial charge in [0.15, 0.2) is 0 Å². The van der Waals surface area contributed by atoms with Crippen LogP contribution in [-0.2, 0) is 5.54 Å². The number of rotatable bonds is 4. The molecule has 1 fully saturated rings. The van der Waals surface area contributed by atoms with Crippen molar-refractivity contribution in [1.82, 2.24) is 25.3 Å². The Morgan fingerprint density at radius 1 is 1.36 bits per heavy atom. The zero-order chi connectivity index (χ0) is 15.5. The second-order valence-electron chi connectivity index (χ2n) is 6.57. The normalized spacial score (nSPS) is 16.2. The SMILES string of the molecule is Cc1c(C(=O)NCCN2CCNCC2)cnn1C(C)(C)C.Cl. The number of carbonyl (C=O) groups is 1. The van der Waals surface area contributed by atoms with Crippen molar-refractivity contribution in [3.63, 3.8) is 0 Å². The van der Waals surface area contributed by atoms with Gasteiger partial charge in [-0.05, 0) is 27.7 Å². The Labute approximate surface area is 139 Å². The number of piperazine rings is 1. The van der Waals surface area contributed by atoms with Crippen LogP contribution >= 0.6 is 12.4 Å². The van der Waals surface area contributed by atoms with Crippen LogP contribution in [0.25, 0.3) is 0 Å². The summed E-state index contributed by atoms with van der Waals surface area (Å²) in [4.78, 5) is 14.6. The van der Waals surface area contributed by atoms with E-state index in [9.17, 15) is 4.79 Å². The van der Waals surface area contributed by atoms with Gasteiger partial charge in [0, 0.05) is 45.0 Å². The Hall–Kier alpha value is -1.11. The van der Waals surface area contributed by atoms with Gasteiger partial charge in [0.2, 0.25) is 0 Å². The molecule has 7 heteroatoms. The van der Waals surface area contributed by atoms with Gasteiger partial charge in [-0.25, -0.2) is 0 Å². The highest BCUT2D eigenvalue weighted by Crippen LogP contribution is 2.18. The Morgan fingerprint density at radius 2 is 2.00 bits per heavy atom. The maximum Gasteiger partial charge on any atom is 0.254 e. The van der Waals surface area contributed by atoms with E-state index in [1.165, 1.54) is 0 Å². The highest BCUT2D eigenvalue weighted by Gasteiger charge is 2.21. The molecule has 0 aromatic carbocycles. The number of nitrogens with zero attached hydrogens (tertiary/aromatic N) is 3. The zero-order valence-electron chi connectivity index (χ0n) is 14.0. The van der Waals surface area contributed by atoms with E-state index in [1.807, 2.05) is 11.6 Å². The molecule has 22 heavy (non-hydrogen) atoms. The third-order valence-electron chi connectivity index (χ3n) is 3.81. The van der Waals surface area contributed by atoms with Crippen LogP contribution in [0.4, 0.5) is 0 Å². The molecule has 0 radical (unpaired) electrons. The van der Waals surface area contributed by atoms with E-state index in [0.29, 0.717) is 12.1 Å². The minimum Gasteiger partial charge on any atom is -0.351 e. The Kier molecular flexibility index (Phi) is 6.84. The van der Waals surface area contributed by atoms with Crippen LogP contribution in [0.5, 0.6) is 0 Å². The van der Waals surface area contributed by atoms with Gasteiger partial charge in [0.25, 0.3) is 5.91 Å². The third kappa shape index (κ3) is 4.69. The second-order valence-corrected chi connectivity index (χ2v) is 6.57. The van der Waals surface area contributed by atoms with E-state index in [1.54, 1.807) is 6.20 Å². The first-order valence-electron chi connectivity index (χ1n) is 7.66. The highest BCUT2D eigenvalue weighted by molar-refractivity contribution is 5.95. The number of halogens is 1. The molecular formula is C15H28ClN5O. The van der Waals surface area contributed by atoms with E-state index in [2.05, 4.69) is 41.4 Å². The van der Waals surface area contributed by atoms with Crippen molar-refractivity contribution in [2.75, 3.05) is 39.3 Å². The molecule has 1 aromatic rings. The van der Waals surface area contributed by atoms with Crippen molar-refractivity contribution in [1.29, 1.82) is 0 Å². The summed E-state index contributed by atoms with van der Waals surface area (Å²) < 4.78 is 1.90. The lowest BCUT2D eigenvalue weighted by Gasteiger charge is -2.27. The molecule has 1 amide bonds. The summed E-state index contributed by atoms with van der Waals surface area (Å²) in [6.45, 7) is 13.9. The average molecular weight is 330 g/mol. The van der Waals surface area contributed by atoms with Crippen LogP contribution in [0.2, 0.25) is 0 Å². The van der Waals surface area contributed by atoms with E-state index in [0.717, 1.165) is 38.4 Å². The fourth-order valence-corrected chi connectivity index (χ4v) is 2.67. The van der Waals surface area contributed by atoms with Crippen LogP contribution in [0.3, 0.4) is 0 Å². The summed E-state index contributed by atoms with van der Waals surface area (Å²) in [5.74, 6) is -0.0295. The molecule has 0 unspecified atom stereocenters. The standard InChI is InChI=1S/C15H27N5O.ClH/c1-12-13(11-18-20(12)15(2,3)4)14(21)17-7-10-19-8-5-16-6-9-19;/h11,16H,5-10H2,1-4H3,(H,17,21);1H. The van der Waals surface area contributed by atoms with E-state index >= 15 is 0 Å². The lowest BCUT2D eigenvalue weighted by Crippen LogP contribution is -2.46. The zero-order valence-corrected chi connectivity index (χ0v) is 14.8. The van der Waals surface area contributed by atoms with Crippen LogP contribution < -0.4 is 10.6 Å². The molecule has 126 valence electrons. The lowest BCUT2D eigenvalue weighted by atomic mass is 10.1. The van der Waals surface area contributed by atoms with E-state index in [-0.39, 0.29) is 23.9 Å². The fourth-order valence-electron chi connectivity index (χ4n) is 2.67. The van der Waals surface area contributed by atoms with Gasteiger partial charge in [0.05, 0.1) is 17.3 Å². The number of carbonyl (C=O) groups excluding carboxylic acids is 1. The fraction of sp³-hybridized carbons (Fsp3) is 0.733. The van der Waals surface area contributed by atoms with Gasteiger partial charge in [-0.2, -0.15) is 5.10 Å². The first-order chi connectivity index (χ1) is 9.89. The molecule has 0 saturated carbocycles. The molecule has 2 rings (SSSR count). The summed E-state index contributed by atoms with van der Waals surface area (Å²) in [7, 11) is 0. The summed E-state index contributed by atoms with van der Waals surface area (Å²) in [5.41, 5.74) is 1.48. The minimum absolute atomic E-state index is 0. The number of hydrogen-bond donors (Lipinski definition) is 2. The van der Waals surface area contributed by atoms with E-state index < -0.39 is 0 Å². The molecule has 0 spiro atoms. The van der Waals surface area contributed by atoms with Gasteiger partial charge in [-0.1, -0.05) is 0 Å². The highest BCUT2D eigenvalue weighted by atomic mass is 35.5. The maximum absolute atomic E-state index is 12.3. The van der Waals surface area contributed by atoms with Gasteiger partial charge in [-0.15, -0.1) is 12.4 Å². The predicted octanol–water partition coefficient (Wildman–Crippen LogP) is 1.00. The third-order valence-corrected chi connectivity index (χ3v) is 3.81. The molecule has 0 atom stereocenters. The Bertz CT molecular complexity index is 489. The van der Waals surface area contributed by atoms with Crippen molar-refractivity contribution in [2.24, 2.45) is 0 Å². The lowest BCUT2D eigenvalue weighted by molar-refractivity contribution is 0.0946. The molecule has 0 aliphatic carbocycles. The van der Waals surface area contributed by atoms with Crippen LogP contribution in [0.15, 0.2) is 6.20 Å². The van der Waals surface area contributed by atoms with Gasteiger partial charge < -0.3 is 10.6 Å². The van der Waals surface area contributed by atoms with Crippen molar-refractivity contribution < 1.29 is 4.79 Å². The van der Waals surface area contributed by atoms with Crippen LogP contribution in [0.1, 0.15) is 36.8 Å². The molecule has 0 bridgehead atoms. The molecule has 1 aromatic heterocycles. The summed E-state index contributed by atoms with van der Waals surface area (Å²) in [6.07, 6.45) is 1.67. The quantitative estimate of drug-likeness (QED) is 0.865. The van der Waals surface area contributed by atoms with Crippen LogP contribution in [0, 0.1) is 6.92 Å². The number of nitrogens with one attached hydrogen (secondary N) is 2. The van der Waals surface area contributed by atoms with Crippen molar-refractivity contribution >= 4 is 18.3 Å².